The van der Waals surface area contributed by atoms with E-state index in [4.69, 9.17) is 4.43 Å². The summed E-state index contributed by atoms with van der Waals surface area (Å²) >= 11 is 6.02. The van der Waals surface area contributed by atoms with Crippen LogP contribution in [0.3, 0.4) is 0 Å². The number of hydrogen-bond acceptors (Lipinski definition) is 1. The van der Waals surface area contributed by atoms with Crippen molar-refractivity contribution in [1.82, 2.24) is 0 Å². The molecule has 20 heavy (non-hydrogen) atoms. The molecule has 0 saturated carbocycles. The molecule has 0 fully saturated rings. The fourth-order valence-corrected chi connectivity index (χ4v) is 3.85. The van der Waals surface area contributed by atoms with E-state index in [1.807, 2.05) is 0 Å². The van der Waals surface area contributed by atoms with E-state index < -0.39 is 8.32 Å². The predicted molar refractivity (Wildman–Crippen MR) is 103 cm³/mol. The van der Waals surface area contributed by atoms with Gasteiger partial charge in [0.05, 0.1) is 0 Å². The van der Waals surface area contributed by atoms with Gasteiger partial charge in [0.1, 0.15) is 0 Å². The van der Waals surface area contributed by atoms with Crippen molar-refractivity contribution in [2.45, 2.75) is 55.7 Å². The van der Waals surface area contributed by atoms with Crippen LogP contribution in [-0.4, -0.2) is 14.9 Å². The Bertz CT molecular complexity index is 411. The summed E-state index contributed by atoms with van der Waals surface area (Å²) in [5, 5.41) is 0.308. The number of hydrogen-bond donors (Lipinski definition) is 0. The molecule has 0 saturated heterocycles. The summed E-state index contributed by atoms with van der Waals surface area (Å²) in [6.45, 7) is 12.4. The maximum atomic E-state index is 6.23. The quantitative estimate of drug-likeness (QED) is 0.194. The number of benzene rings is 1. The minimum atomic E-state index is -1.57. The minimum Gasteiger partial charge on any atom is -0.417 e. The van der Waals surface area contributed by atoms with Gasteiger partial charge in [-0.1, -0.05) is 71.4 Å². The maximum Gasteiger partial charge on any atom is 0.191 e. The van der Waals surface area contributed by atoms with Crippen LogP contribution >= 0.6 is 38.5 Å². The summed E-state index contributed by atoms with van der Waals surface area (Å²) in [5.74, 6) is 0. The Morgan fingerprint density at radius 1 is 1.20 bits per heavy atom. The molecule has 0 bridgehead atoms. The second kappa shape index (κ2) is 7.74. The lowest BCUT2D eigenvalue weighted by atomic mass is 10.1. The van der Waals surface area contributed by atoms with Gasteiger partial charge in [0.25, 0.3) is 0 Å². The monoisotopic (exact) mass is 468 g/mol. The molecule has 4 heteroatoms. The molecular formula is C16H26BrIOSi. The highest BCUT2D eigenvalue weighted by Crippen LogP contribution is 2.37. The van der Waals surface area contributed by atoms with Gasteiger partial charge in [0.15, 0.2) is 8.32 Å². The lowest BCUT2D eigenvalue weighted by molar-refractivity contribution is 0.279. The van der Waals surface area contributed by atoms with Crippen LogP contribution in [0.15, 0.2) is 28.7 Å². The van der Waals surface area contributed by atoms with Gasteiger partial charge >= 0.3 is 0 Å². The zero-order valence-corrected chi connectivity index (χ0v) is 17.9. The third kappa shape index (κ3) is 5.77. The Kier molecular flexibility index (Phi) is 7.22. The van der Waals surface area contributed by atoms with Crippen molar-refractivity contribution >= 4 is 46.8 Å². The zero-order valence-electron chi connectivity index (χ0n) is 13.2. The molecule has 0 heterocycles. The second-order valence-corrected chi connectivity index (χ2v) is 14.0. The minimum absolute atomic E-state index is 0.308. The molecule has 0 N–H and O–H groups in total. The fraction of sp³-hybridized carbons (Fsp3) is 0.625. The molecule has 1 unspecified atom stereocenters. The second-order valence-electron chi connectivity index (χ2n) is 6.77. The highest BCUT2D eigenvalue weighted by atomic mass is 127. The van der Waals surface area contributed by atoms with Crippen molar-refractivity contribution in [2.75, 3.05) is 6.61 Å². The van der Waals surface area contributed by atoms with E-state index in [2.05, 4.69) is 96.7 Å². The molecule has 0 aliphatic carbocycles. The molecule has 0 aromatic heterocycles. The van der Waals surface area contributed by atoms with Crippen molar-refractivity contribution in [3.63, 3.8) is 0 Å². The van der Waals surface area contributed by atoms with Crippen LogP contribution in [0.25, 0.3) is 0 Å². The van der Waals surface area contributed by atoms with Gasteiger partial charge < -0.3 is 4.43 Å². The smallest absolute Gasteiger partial charge is 0.191 e. The Labute approximate surface area is 147 Å². The highest BCUT2D eigenvalue weighted by molar-refractivity contribution is 14.1. The van der Waals surface area contributed by atoms with Gasteiger partial charge in [-0.2, -0.15) is 0 Å². The first-order valence-corrected chi connectivity index (χ1v) is 12.1. The summed E-state index contributed by atoms with van der Waals surface area (Å²) in [6.07, 6.45) is 2.31. The molecule has 0 amide bonds. The zero-order chi connectivity index (χ0) is 15.4. The van der Waals surface area contributed by atoms with Crippen molar-refractivity contribution in [1.29, 1.82) is 0 Å². The first kappa shape index (κ1) is 18.7. The first-order chi connectivity index (χ1) is 9.13. The van der Waals surface area contributed by atoms with Gasteiger partial charge in [-0.25, -0.2) is 0 Å². The topological polar surface area (TPSA) is 9.23 Å². The molecule has 1 atom stereocenters. The number of alkyl halides is 1. The Morgan fingerprint density at radius 3 is 2.25 bits per heavy atom. The summed E-state index contributed by atoms with van der Waals surface area (Å²) < 4.78 is 7.94. The Hall–Kier alpha value is 0.607. The van der Waals surface area contributed by atoms with E-state index in [9.17, 15) is 0 Å². The van der Waals surface area contributed by atoms with Crippen LogP contribution in [0, 0.1) is 0 Å². The standard InChI is InChI=1S/C16H26BrIOSi/c1-16(2,3)20(4,5)19-12-6-7-15(18)13-8-10-14(17)11-9-13/h8-11,15H,6-7,12H2,1-5H3. The van der Waals surface area contributed by atoms with Crippen molar-refractivity contribution in [2.24, 2.45) is 0 Å². The highest BCUT2D eigenvalue weighted by Gasteiger charge is 2.36. The van der Waals surface area contributed by atoms with Gasteiger partial charge in [-0.05, 0) is 48.7 Å². The molecule has 1 nitrogen and oxygen atoms in total. The molecule has 1 aromatic carbocycles. The third-order valence-corrected chi connectivity index (χ3v) is 10.5. The summed E-state index contributed by atoms with van der Waals surface area (Å²) in [7, 11) is -1.57. The molecule has 1 rings (SSSR count). The molecule has 0 radical (unpaired) electrons. The molecule has 0 spiro atoms. The predicted octanol–water partition coefficient (Wildman–Crippen LogP) is 6.73. The van der Waals surface area contributed by atoms with E-state index in [0.29, 0.717) is 8.96 Å². The van der Waals surface area contributed by atoms with Gasteiger partial charge in [-0.3, -0.25) is 0 Å². The van der Waals surface area contributed by atoms with Crippen LogP contribution < -0.4 is 0 Å². The maximum absolute atomic E-state index is 6.23. The van der Waals surface area contributed by atoms with Gasteiger partial charge in [0, 0.05) is 15.0 Å². The normalized spacial score (nSPS) is 14.3. The lowest BCUT2D eigenvalue weighted by Crippen LogP contribution is -2.40. The van der Waals surface area contributed by atoms with E-state index in [0.717, 1.165) is 17.5 Å². The van der Waals surface area contributed by atoms with Crippen molar-refractivity contribution in [3.05, 3.63) is 34.3 Å². The van der Waals surface area contributed by atoms with Crippen LogP contribution in [0.5, 0.6) is 0 Å². The van der Waals surface area contributed by atoms with Crippen molar-refractivity contribution in [3.8, 4) is 0 Å². The SMILES string of the molecule is CC(C)(C)[Si](C)(C)OCCCC(I)c1ccc(Br)cc1. The van der Waals surface area contributed by atoms with E-state index >= 15 is 0 Å². The van der Waals surface area contributed by atoms with Crippen molar-refractivity contribution < 1.29 is 4.43 Å². The summed E-state index contributed by atoms with van der Waals surface area (Å²) in [4.78, 5) is 0. The van der Waals surface area contributed by atoms with Crippen LogP contribution in [-0.2, 0) is 4.43 Å². The van der Waals surface area contributed by atoms with Crippen LogP contribution in [0.4, 0.5) is 0 Å². The van der Waals surface area contributed by atoms with Gasteiger partial charge in [-0.15, -0.1) is 0 Å². The van der Waals surface area contributed by atoms with E-state index in [1.54, 1.807) is 0 Å². The van der Waals surface area contributed by atoms with Gasteiger partial charge in [0.2, 0.25) is 0 Å². The average molecular weight is 469 g/mol. The van der Waals surface area contributed by atoms with Crippen LogP contribution in [0.2, 0.25) is 18.1 Å². The molecule has 0 aliphatic rings. The van der Waals surface area contributed by atoms with E-state index in [1.165, 1.54) is 12.0 Å². The number of rotatable bonds is 6. The molecular weight excluding hydrogens is 443 g/mol. The third-order valence-electron chi connectivity index (χ3n) is 4.10. The van der Waals surface area contributed by atoms with Crippen LogP contribution in [0.1, 0.15) is 43.1 Å². The fourth-order valence-electron chi connectivity index (χ4n) is 1.64. The Morgan fingerprint density at radius 2 is 1.75 bits per heavy atom. The molecule has 0 aliphatic heterocycles. The summed E-state index contributed by atoms with van der Waals surface area (Å²) in [5.41, 5.74) is 1.40. The van der Waals surface area contributed by atoms with E-state index in [-0.39, 0.29) is 0 Å². The Balaban J connectivity index is 2.36. The largest absolute Gasteiger partial charge is 0.417 e. The first-order valence-electron chi connectivity index (χ1n) is 7.17. The number of halogens is 2. The molecule has 1 aromatic rings. The summed E-state index contributed by atoms with van der Waals surface area (Å²) in [6, 6.07) is 8.64. The lowest BCUT2D eigenvalue weighted by Gasteiger charge is -2.36. The average Bonchev–Trinajstić information content (AvgIpc) is 2.34. The molecule has 114 valence electrons.